The van der Waals surface area contributed by atoms with Crippen molar-refractivity contribution in [1.82, 2.24) is 20.3 Å². The van der Waals surface area contributed by atoms with E-state index in [1.165, 1.54) is 0 Å². The van der Waals surface area contributed by atoms with Gasteiger partial charge in [-0.05, 0) is 33.2 Å². The Morgan fingerprint density at radius 1 is 1.55 bits per heavy atom. The maximum atomic E-state index is 12.0. The van der Waals surface area contributed by atoms with Gasteiger partial charge >= 0.3 is 0 Å². The Morgan fingerprint density at radius 3 is 3.09 bits per heavy atom. The number of hydrogen-bond acceptors (Lipinski definition) is 5. The van der Waals surface area contributed by atoms with Gasteiger partial charge in [-0.15, -0.1) is 0 Å². The van der Waals surface area contributed by atoms with E-state index >= 15 is 0 Å². The van der Waals surface area contributed by atoms with Crippen LogP contribution < -0.4 is 10.6 Å². The molecular weight excluding hydrogens is 282 g/mol. The third kappa shape index (κ3) is 3.19. The van der Waals surface area contributed by atoms with Gasteiger partial charge in [0.2, 0.25) is 5.91 Å². The molecule has 1 fully saturated rings. The topological polar surface area (TPSA) is 85.0 Å². The number of aryl methyl sites for hydroxylation is 2. The molecule has 0 radical (unpaired) electrons. The molecule has 1 amide bonds. The number of nitrogens with zero attached hydrogens (tertiary/aromatic N) is 3. The van der Waals surface area contributed by atoms with E-state index in [2.05, 4.69) is 20.9 Å². The first-order chi connectivity index (χ1) is 10.6. The Bertz CT molecular complexity index is 635. The quantitative estimate of drug-likeness (QED) is 0.876. The summed E-state index contributed by atoms with van der Waals surface area (Å²) in [5, 5.41) is 14.5. The zero-order valence-corrected chi connectivity index (χ0v) is 12.9. The number of anilines is 1. The molecule has 0 spiro atoms. The molecule has 118 valence electrons. The van der Waals surface area contributed by atoms with Gasteiger partial charge in [-0.3, -0.25) is 9.48 Å². The molecule has 1 saturated heterocycles. The fraction of sp³-hybridized carbons (Fsp3) is 0.533. The Hall–Kier alpha value is -2.15. The van der Waals surface area contributed by atoms with Crippen LogP contribution >= 0.6 is 0 Å². The molecule has 0 aliphatic carbocycles. The first-order valence-corrected chi connectivity index (χ1v) is 7.61. The minimum Gasteiger partial charge on any atom is -0.361 e. The lowest BCUT2D eigenvalue weighted by Crippen LogP contribution is -2.16. The highest BCUT2D eigenvalue weighted by molar-refractivity contribution is 5.89. The Morgan fingerprint density at radius 2 is 2.41 bits per heavy atom. The third-order valence-corrected chi connectivity index (χ3v) is 4.07. The van der Waals surface area contributed by atoms with Crippen molar-refractivity contribution in [3.05, 3.63) is 29.3 Å². The van der Waals surface area contributed by atoms with Gasteiger partial charge in [0.25, 0.3) is 0 Å². The summed E-state index contributed by atoms with van der Waals surface area (Å²) in [7, 11) is 0. The summed E-state index contributed by atoms with van der Waals surface area (Å²) in [5.74, 6) is 1.34. The van der Waals surface area contributed by atoms with Crippen LogP contribution in [0.1, 0.15) is 35.9 Å². The van der Waals surface area contributed by atoms with Gasteiger partial charge in [0, 0.05) is 30.8 Å². The van der Waals surface area contributed by atoms with Crippen LogP contribution in [0, 0.1) is 13.8 Å². The highest BCUT2D eigenvalue weighted by Crippen LogP contribution is 2.17. The summed E-state index contributed by atoms with van der Waals surface area (Å²) in [4.78, 5) is 12.0. The molecular formula is C15H21N5O2. The average molecular weight is 303 g/mol. The van der Waals surface area contributed by atoms with Crippen molar-refractivity contribution < 1.29 is 9.32 Å². The van der Waals surface area contributed by atoms with Crippen LogP contribution in [0.15, 0.2) is 16.8 Å². The van der Waals surface area contributed by atoms with Gasteiger partial charge in [-0.25, -0.2) is 0 Å². The molecule has 7 nitrogen and oxygen atoms in total. The highest BCUT2D eigenvalue weighted by atomic mass is 16.5. The van der Waals surface area contributed by atoms with Crippen LogP contribution in [-0.2, 0) is 11.2 Å². The van der Waals surface area contributed by atoms with Crippen molar-refractivity contribution in [2.45, 2.75) is 39.2 Å². The highest BCUT2D eigenvalue weighted by Gasteiger charge is 2.17. The zero-order chi connectivity index (χ0) is 15.5. The van der Waals surface area contributed by atoms with Gasteiger partial charge in [-0.1, -0.05) is 5.16 Å². The van der Waals surface area contributed by atoms with Crippen LogP contribution in [0.3, 0.4) is 0 Å². The predicted octanol–water partition coefficient (Wildman–Crippen LogP) is 1.59. The molecule has 3 rings (SSSR count). The maximum Gasteiger partial charge on any atom is 0.225 e. The van der Waals surface area contributed by atoms with Crippen LogP contribution in [0.4, 0.5) is 5.82 Å². The van der Waals surface area contributed by atoms with Crippen molar-refractivity contribution in [2.75, 3.05) is 18.4 Å². The maximum absolute atomic E-state index is 12.0. The molecule has 1 aliphatic rings. The smallest absolute Gasteiger partial charge is 0.225 e. The van der Waals surface area contributed by atoms with Gasteiger partial charge in [0.05, 0.1) is 11.7 Å². The Labute approximate surface area is 129 Å². The minimum atomic E-state index is -0.0465. The molecule has 3 heterocycles. The van der Waals surface area contributed by atoms with Crippen molar-refractivity contribution in [3.8, 4) is 0 Å². The zero-order valence-electron chi connectivity index (χ0n) is 12.9. The molecule has 0 unspecified atom stereocenters. The molecule has 0 saturated carbocycles. The van der Waals surface area contributed by atoms with E-state index < -0.39 is 0 Å². The Balaban J connectivity index is 1.53. The van der Waals surface area contributed by atoms with Crippen LogP contribution in [-0.4, -0.2) is 33.9 Å². The molecule has 2 N–H and O–H groups in total. The normalized spacial score (nSPS) is 17.8. The van der Waals surface area contributed by atoms with Crippen molar-refractivity contribution in [1.29, 1.82) is 0 Å². The first kappa shape index (κ1) is 14.8. The van der Waals surface area contributed by atoms with E-state index in [1.54, 1.807) is 0 Å². The van der Waals surface area contributed by atoms with Crippen molar-refractivity contribution in [2.24, 2.45) is 0 Å². The lowest BCUT2D eigenvalue weighted by Gasteiger charge is -2.08. The van der Waals surface area contributed by atoms with E-state index in [9.17, 15) is 4.79 Å². The number of aromatic nitrogens is 3. The lowest BCUT2D eigenvalue weighted by molar-refractivity contribution is -0.116. The second kappa shape index (κ2) is 6.31. The molecule has 1 aliphatic heterocycles. The Kier molecular flexibility index (Phi) is 4.24. The summed E-state index contributed by atoms with van der Waals surface area (Å²) < 4.78 is 7.02. The fourth-order valence-corrected chi connectivity index (χ4v) is 2.78. The van der Waals surface area contributed by atoms with Gasteiger partial charge in [-0.2, -0.15) is 5.10 Å². The van der Waals surface area contributed by atoms with E-state index in [0.717, 1.165) is 36.5 Å². The number of nitrogens with one attached hydrogen (secondary N) is 2. The predicted molar refractivity (Wildman–Crippen MR) is 81.7 cm³/mol. The van der Waals surface area contributed by atoms with E-state index in [4.69, 9.17) is 4.52 Å². The van der Waals surface area contributed by atoms with Crippen molar-refractivity contribution >= 4 is 11.7 Å². The van der Waals surface area contributed by atoms with Gasteiger partial charge in [0.15, 0.2) is 5.82 Å². The second-order valence-corrected chi connectivity index (χ2v) is 5.68. The van der Waals surface area contributed by atoms with Gasteiger partial charge in [0.1, 0.15) is 5.76 Å². The number of rotatable bonds is 5. The summed E-state index contributed by atoms with van der Waals surface area (Å²) in [6, 6.07) is 2.22. The van der Waals surface area contributed by atoms with Crippen LogP contribution in [0.2, 0.25) is 0 Å². The third-order valence-electron chi connectivity index (χ3n) is 4.07. The fourth-order valence-electron chi connectivity index (χ4n) is 2.78. The van der Waals surface area contributed by atoms with Gasteiger partial charge < -0.3 is 15.2 Å². The lowest BCUT2D eigenvalue weighted by atomic mass is 10.1. The second-order valence-electron chi connectivity index (χ2n) is 5.68. The van der Waals surface area contributed by atoms with E-state index in [-0.39, 0.29) is 5.91 Å². The van der Waals surface area contributed by atoms with E-state index in [0.29, 0.717) is 24.7 Å². The summed E-state index contributed by atoms with van der Waals surface area (Å²) in [6.07, 6.45) is 4.00. The monoisotopic (exact) mass is 303 g/mol. The average Bonchev–Trinajstić information content (AvgIpc) is 3.20. The standard InChI is InChI=1S/C15H21N5O2/c1-10-13(11(2)22-19-10)3-4-15(21)17-14-6-8-20(18-14)12-5-7-16-9-12/h6,8,12,16H,3-5,7,9H2,1-2H3,(H,17,18,21)/t12-/m0/s1. The largest absolute Gasteiger partial charge is 0.361 e. The number of amides is 1. The number of carbonyl (C=O) groups is 1. The molecule has 7 heteroatoms. The molecule has 1 atom stereocenters. The summed E-state index contributed by atoms with van der Waals surface area (Å²) in [5.41, 5.74) is 1.86. The SMILES string of the molecule is Cc1noc(C)c1CCC(=O)Nc1ccn([C@H]2CCNC2)n1. The van der Waals surface area contributed by atoms with E-state index in [1.807, 2.05) is 30.8 Å². The van der Waals surface area contributed by atoms with Crippen LogP contribution in [0.25, 0.3) is 0 Å². The molecule has 2 aromatic heterocycles. The summed E-state index contributed by atoms with van der Waals surface area (Å²) in [6.45, 7) is 5.70. The summed E-state index contributed by atoms with van der Waals surface area (Å²) >= 11 is 0. The first-order valence-electron chi connectivity index (χ1n) is 7.61. The van der Waals surface area contributed by atoms with Crippen molar-refractivity contribution in [3.63, 3.8) is 0 Å². The van der Waals surface area contributed by atoms with Crippen LogP contribution in [0.5, 0.6) is 0 Å². The minimum absolute atomic E-state index is 0.0465. The number of carbonyl (C=O) groups excluding carboxylic acids is 1. The molecule has 0 aromatic carbocycles. The molecule has 0 bridgehead atoms. The molecule has 2 aromatic rings. The number of hydrogen-bond donors (Lipinski definition) is 2. The molecule has 22 heavy (non-hydrogen) atoms.